The fraction of sp³-hybridized carbons (Fsp3) is 0.556. The molecule has 26 heavy (non-hydrogen) atoms. The van der Waals surface area contributed by atoms with Crippen LogP contribution < -0.4 is 10.0 Å². The molecule has 0 aromatic heterocycles. The molecule has 3 aliphatic heterocycles. The molecule has 2 N–H and O–H groups in total. The Morgan fingerprint density at radius 3 is 2.88 bits per heavy atom. The van der Waals surface area contributed by atoms with Crippen LogP contribution >= 0.6 is 0 Å². The quantitative estimate of drug-likeness (QED) is 0.763. The Balaban J connectivity index is 1.31. The van der Waals surface area contributed by atoms with Gasteiger partial charge in [0.15, 0.2) is 0 Å². The van der Waals surface area contributed by atoms with Crippen molar-refractivity contribution < 1.29 is 13.2 Å². The van der Waals surface area contributed by atoms with Crippen molar-refractivity contribution in [1.29, 1.82) is 0 Å². The highest BCUT2D eigenvalue weighted by molar-refractivity contribution is 7.90. The highest BCUT2D eigenvalue weighted by Crippen LogP contribution is 2.23. The molecule has 0 saturated carbocycles. The van der Waals surface area contributed by atoms with Crippen LogP contribution in [0.5, 0.6) is 0 Å². The topological polar surface area (TPSA) is 90.9 Å². The number of sulfonamides is 1. The number of amides is 1. The number of nitrogens with one attached hydrogen (secondary N) is 2. The molecular weight excluding hydrogens is 352 g/mol. The molecule has 7 nitrogen and oxygen atoms in total. The summed E-state index contributed by atoms with van der Waals surface area (Å²) in [5.41, 5.74) is 0.605. The number of aliphatic imine (C=N–C) groups is 1. The van der Waals surface area contributed by atoms with E-state index in [4.69, 9.17) is 0 Å². The van der Waals surface area contributed by atoms with Crippen LogP contribution in [0.15, 0.2) is 34.2 Å². The Labute approximate surface area is 153 Å². The number of amidine groups is 1. The highest BCUT2D eigenvalue weighted by Gasteiger charge is 2.31. The summed E-state index contributed by atoms with van der Waals surface area (Å²) in [5, 5.41) is 3.58. The standard InChI is InChI=1S/C18H24N4O3S/c23-17(22-11-9-13-7-8-14(12-22)20-13)6-3-10-19-18-15-4-1-2-5-16(15)26(24,25)21-18/h1-2,4-5,13-14,20H,3,6-12H2,(H,19,21). The predicted octanol–water partition coefficient (Wildman–Crippen LogP) is 0.858. The molecule has 4 rings (SSSR count). The zero-order valence-corrected chi connectivity index (χ0v) is 15.5. The maximum atomic E-state index is 12.5. The fourth-order valence-electron chi connectivity index (χ4n) is 4.00. The molecule has 0 aliphatic carbocycles. The van der Waals surface area contributed by atoms with Crippen LogP contribution in [0.25, 0.3) is 0 Å². The fourth-order valence-corrected chi connectivity index (χ4v) is 5.25. The van der Waals surface area contributed by atoms with Crippen molar-refractivity contribution in [2.24, 2.45) is 4.99 Å². The molecule has 0 spiro atoms. The normalized spacial score (nSPS) is 27.8. The van der Waals surface area contributed by atoms with Crippen molar-refractivity contribution >= 4 is 21.8 Å². The lowest BCUT2D eigenvalue weighted by atomic mass is 10.1. The molecule has 2 atom stereocenters. The first kappa shape index (κ1) is 17.5. The second kappa shape index (κ2) is 7.00. The number of benzene rings is 1. The van der Waals surface area contributed by atoms with E-state index < -0.39 is 10.0 Å². The highest BCUT2D eigenvalue weighted by atomic mass is 32.2. The molecule has 0 radical (unpaired) electrons. The van der Waals surface area contributed by atoms with E-state index in [-0.39, 0.29) is 10.8 Å². The lowest BCUT2D eigenvalue weighted by Crippen LogP contribution is -2.39. The van der Waals surface area contributed by atoms with Crippen molar-refractivity contribution in [3.05, 3.63) is 29.8 Å². The summed E-state index contributed by atoms with van der Waals surface area (Å²) >= 11 is 0. The molecule has 1 aromatic carbocycles. The number of rotatable bonds is 4. The minimum Gasteiger partial charge on any atom is -0.341 e. The molecule has 2 bridgehead atoms. The van der Waals surface area contributed by atoms with Gasteiger partial charge in [0.25, 0.3) is 10.0 Å². The van der Waals surface area contributed by atoms with Gasteiger partial charge in [0, 0.05) is 43.7 Å². The average molecular weight is 376 g/mol. The number of carbonyl (C=O) groups is 1. The third kappa shape index (κ3) is 3.48. The van der Waals surface area contributed by atoms with Crippen LogP contribution in [0, 0.1) is 0 Å². The molecular formula is C18H24N4O3S. The summed E-state index contributed by atoms with van der Waals surface area (Å²) in [6, 6.07) is 7.82. The zero-order chi connectivity index (χ0) is 18.1. The van der Waals surface area contributed by atoms with Gasteiger partial charge in [0.1, 0.15) is 5.84 Å². The van der Waals surface area contributed by atoms with E-state index in [1.165, 1.54) is 6.42 Å². The van der Waals surface area contributed by atoms with Crippen LogP contribution in [-0.2, 0) is 14.8 Å². The Morgan fingerprint density at radius 1 is 1.19 bits per heavy atom. The summed E-state index contributed by atoms with van der Waals surface area (Å²) in [7, 11) is -3.50. The molecule has 2 unspecified atom stereocenters. The molecule has 140 valence electrons. The van der Waals surface area contributed by atoms with Gasteiger partial charge in [-0.3, -0.25) is 14.5 Å². The molecule has 2 fully saturated rings. The van der Waals surface area contributed by atoms with Gasteiger partial charge >= 0.3 is 0 Å². The van der Waals surface area contributed by atoms with Gasteiger partial charge in [0.05, 0.1) is 4.90 Å². The smallest absolute Gasteiger partial charge is 0.263 e. The van der Waals surface area contributed by atoms with Gasteiger partial charge in [-0.25, -0.2) is 8.42 Å². The lowest BCUT2D eigenvalue weighted by molar-refractivity contribution is -0.131. The van der Waals surface area contributed by atoms with Crippen molar-refractivity contribution in [1.82, 2.24) is 14.9 Å². The van der Waals surface area contributed by atoms with Crippen molar-refractivity contribution in [2.45, 2.75) is 49.1 Å². The maximum Gasteiger partial charge on any atom is 0.263 e. The van der Waals surface area contributed by atoms with Crippen LogP contribution in [0.2, 0.25) is 0 Å². The Hall–Kier alpha value is -1.93. The Bertz CT molecular complexity index is 837. The third-order valence-corrected chi connectivity index (χ3v) is 6.75. The van der Waals surface area contributed by atoms with Crippen molar-refractivity contribution in [3.63, 3.8) is 0 Å². The van der Waals surface area contributed by atoms with Crippen LogP contribution in [0.1, 0.15) is 37.7 Å². The van der Waals surface area contributed by atoms with Gasteiger partial charge in [-0.05, 0) is 37.8 Å². The summed E-state index contributed by atoms with van der Waals surface area (Å²) in [5.74, 6) is 0.552. The van der Waals surface area contributed by atoms with E-state index in [1.54, 1.807) is 24.3 Å². The summed E-state index contributed by atoms with van der Waals surface area (Å²) in [6.45, 7) is 2.06. The number of carbonyl (C=O) groups excluding carboxylic acids is 1. The van der Waals surface area contributed by atoms with E-state index >= 15 is 0 Å². The van der Waals surface area contributed by atoms with E-state index in [0.717, 1.165) is 25.9 Å². The summed E-state index contributed by atoms with van der Waals surface area (Å²) < 4.78 is 26.6. The number of nitrogens with zero attached hydrogens (tertiary/aromatic N) is 2. The number of hydrogen-bond acceptors (Lipinski definition) is 5. The lowest BCUT2D eigenvalue weighted by Gasteiger charge is -2.24. The molecule has 1 aromatic rings. The van der Waals surface area contributed by atoms with Gasteiger partial charge < -0.3 is 10.2 Å². The van der Waals surface area contributed by atoms with E-state index in [1.807, 2.05) is 4.90 Å². The van der Waals surface area contributed by atoms with Crippen LogP contribution in [-0.4, -0.2) is 56.8 Å². The SMILES string of the molecule is O=C(CCCN=C1NS(=O)(=O)c2ccccc21)N1CCC2CCC(C1)N2. The molecule has 1 amide bonds. The first-order chi connectivity index (χ1) is 12.5. The Kier molecular flexibility index (Phi) is 4.71. The van der Waals surface area contributed by atoms with Crippen molar-refractivity contribution in [3.8, 4) is 0 Å². The Morgan fingerprint density at radius 2 is 2.00 bits per heavy atom. The predicted molar refractivity (Wildman–Crippen MR) is 98.5 cm³/mol. The van der Waals surface area contributed by atoms with Crippen molar-refractivity contribution in [2.75, 3.05) is 19.6 Å². The minimum atomic E-state index is -3.50. The van der Waals surface area contributed by atoms with Crippen LogP contribution in [0.4, 0.5) is 0 Å². The van der Waals surface area contributed by atoms with E-state index in [0.29, 0.717) is 42.9 Å². The minimum absolute atomic E-state index is 0.173. The number of likely N-dealkylation sites (tertiary alicyclic amines) is 1. The van der Waals surface area contributed by atoms with Crippen LogP contribution in [0.3, 0.4) is 0 Å². The van der Waals surface area contributed by atoms with E-state index in [2.05, 4.69) is 15.0 Å². The third-order valence-electron chi connectivity index (χ3n) is 5.36. The number of fused-ring (bicyclic) bond motifs is 3. The van der Waals surface area contributed by atoms with Gasteiger partial charge in [-0.15, -0.1) is 0 Å². The second-order valence-electron chi connectivity index (χ2n) is 7.20. The zero-order valence-electron chi connectivity index (χ0n) is 14.6. The first-order valence-electron chi connectivity index (χ1n) is 9.23. The monoisotopic (exact) mass is 376 g/mol. The molecule has 2 saturated heterocycles. The maximum absolute atomic E-state index is 12.5. The second-order valence-corrected chi connectivity index (χ2v) is 8.85. The summed E-state index contributed by atoms with van der Waals surface area (Å²) in [4.78, 5) is 19.1. The van der Waals surface area contributed by atoms with Gasteiger partial charge in [0.2, 0.25) is 5.91 Å². The van der Waals surface area contributed by atoms with Gasteiger partial charge in [-0.1, -0.05) is 12.1 Å². The van der Waals surface area contributed by atoms with E-state index in [9.17, 15) is 13.2 Å². The molecule has 8 heteroatoms. The largest absolute Gasteiger partial charge is 0.341 e. The summed E-state index contributed by atoms with van der Waals surface area (Å²) in [6.07, 6.45) is 4.47. The molecule has 3 aliphatic rings. The first-order valence-corrected chi connectivity index (χ1v) is 10.7. The number of hydrogen-bond donors (Lipinski definition) is 2. The average Bonchev–Trinajstić information content (AvgIpc) is 3.08. The molecule has 3 heterocycles. The van der Waals surface area contributed by atoms with Gasteiger partial charge in [-0.2, -0.15) is 0 Å².